The van der Waals surface area contributed by atoms with Gasteiger partial charge in [0.1, 0.15) is 5.82 Å². The highest BCUT2D eigenvalue weighted by molar-refractivity contribution is 5.18. The summed E-state index contributed by atoms with van der Waals surface area (Å²) in [4.78, 5) is 0. The fourth-order valence-electron chi connectivity index (χ4n) is 5.35. The Morgan fingerprint density at radius 3 is 2.11 bits per heavy atom. The summed E-state index contributed by atoms with van der Waals surface area (Å²) in [6, 6.07) is 7.03. The summed E-state index contributed by atoms with van der Waals surface area (Å²) in [5.41, 5.74) is 2.89. The Bertz CT molecular complexity index is 577. The van der Waals surface area contributed by atoms with Gasteiger partial charge in [0, 0.05) is 0 Å². The van der Waals surface area contributed by atoms with Crippen molar-refractivity contribution < 1.29 is 4.39 Å². The number of halogens is 1. The largest absolute Gasteiger partial charge is 0.207 e. The average molecular weight is 385 g/mol. The number of aryl methyl sites for hydroxylation is 1. The molecule has 0 aliphatic heterocycles. The zero-order valence-corrected chi connectivity index (χ0v) is 18.1. The van der Waals surface area contributed by atoms with Gasteiger partial charge in [0.2, 0.25) is 0 Å². The number of hydrogen-bond acceptors (Lipinski definition) is 0. The number of allylic oxidation sites excluding steroid dienone is 2. The van der Waals surface area contributed by atoms with Gasteiger partial charge >= 0.3 is 0 Å². The smallest absolute Gasteiger partial charge is 0.123 e. The maximum atomic E-state index is 13.0. The van der Waals surface area contributed by atoms with E-state index in [0.717, 1.165) is 30.6 Å². The van der Waals surface area contributed by atoms with Gasteiger partial charge in [0.05, 0.1) is 0 Å². The first-order valence-electron chi connectivity index (χ1n) is 12.1. The number of unbranched alkanes of at least 4 members (excludes halogenated alkanes) is 2. The molecule has 0 aromatic heterocycles. The lowest BCUT2D eigenvalue weighted by atomic mass is 9.76. The van der Waals surface area contributed by atoms with E-state index >= 15 is 0 Å². The summed E-state index contributed by atoms with van der Waals surface area (Å²) < 4.78 is 13.0. The summed E-state index contributed by atoms with van der Waals surface area (Å²) in [6.45, 7) is 2.31. The molecule has 0 nitrogen and oxygen atoms in total. The average Bonchev–Trinajstić information content (AvgIpc) is 2.74. The van der Waals surface area contributed by atoms with Gasteiger partial charge in [-0.2, -0.15) is 0 Å². The van der Waals surface area contributed by atoms with E-state index in [2.05, 4.69) is 13.0 Å². The standard InChI is InChI=1S/C27H41F/c1-2-3-4-5-22-6-8-23(9-7-22)10-11-24-12-14-25(15-13-24)16-17-26-18-20-27(28)21-19-26/h14,18-24H,2-13,15-17H2,1H3/t22-,23-,24?. The van der Waals surface area contributed by atoms with Crippen LogP contribution in [0.2, 0.25) is 0 Å². The molecule has 0 radical (unpaired) electrons. The van der Waals surface area contributed by atoms with Crippen LogP contribution in [0.15, 0.2) is 35.9 Å². The van der Waals surface area contributed by atoms with Gasteiger partial charge in [-0.25, -0.2) is 4.39 Å². The van der Waals surface area contributed by atoms with Crippen LogP contribution in [-0.4, -0.2) is 0 Å². The van der Waals surface area contributed by atoms with Crippen LogP contribution in [0.25, 0.3) is 0 Å². The lowest BCUT2D eigenvalue weighted by molar-refractivity contribution is 0.234. The van der Waals surface area contributed by atoms with Gasteiger partial charge in [-0.05, 0) is 74.0 Å². The number of hydrogen-bond donors (Lipinski definition) is 0. The molecule has 0 spiro atoms. The fourth-order valence-corrected chi connectivity index (χ4v) is 5.35. The molecule has 2 aliphatic rings. The summed E-state index contributed by atoms with van der Waals surface area (Å²) in [6.07, 6.45) is 23.4. The molecule has 156 valence electrons. The summed E-state index contributed by atoms with van der Waals surface area (Å²) in [5.74, 6) is 2.86. The third-order valence-electron chi connectivity index (χ3n) is 7.43. The highest BCUT2D eigenvalue weighted by atomic mass is 19.1. The molecule has 2 aliphatic carbocycles. The van der Waals surface area contributed by atoms with E-state index in [1.807, 2.05) is 12.1 Å². The molecule has 0 heterocycles. The maximum Gasteiger partial charge on any atom is 0.123 e. The van der Waals surface area contributed by atoms with Crippen LogP contribution in [0, 0.1) is 23.6 Å². The lowest BCUT2D eigenvalue weighted by Gasteiger charge is -2.30. The Kier molecular flexibility index (Phi) is 9.09. The molecule has 1 atom stereocenters. The Labute approximate surface area is 173 Å². The van der Waals surface area contributed by atoms with Crippen molar-refractivity contribution in [1.29, 1.82) is 0 Å². The van der Waals surface area contributed by atoms with Gasteiger partial charge < -0.3 is 0 Å². The Balaban J connectivity index is 1.28. The number of rotatable bonds is 10. The lowest BCUT2D eigenvalue weighted by Crippen LogP contribution is -2.16. The first-order valence-corrected chi connectivity index (χ1v) is 12.1. The van der Waals surface area contributed by atoms with Gasteiger partial charge in [0.25, 0.3) is 0 Å². The van der Waals surface area contributed by atoms with Crippen LogP contribution in [0.1, 0.15) is 102 Å². The highest BCUT2D eigenvalue weighted by Crippen LogP contribution is 2.37. The second-order valence-electron chi connectivity index (χ2n) is 9.59. The Morgan fingerprint density at radius 2 is 1.46 bits per heavy atom. The minimum Gasteiger partial charge on any atom is -0.207 e. The third kappa shape index (κ3) is 7.37. The minimum atomic E-state index is -0.131. The molecule has 1 saturated carbocycles. The van der Waals surface area contributed by atoms with Gasteiger partial charge in [-0.1, -0.05) is 88.5 Å². The molecular weight excluding hydrogens is 343 g/mol. The van der Waals surface area contributed by atoms with E-state index < -0.39 is 0 Å². The van der Waals surface area contributed by atoms with Gasteiger partial charge in [-0.3, -0.25) is 0 Å². The quantitative estimate of drug-likeness (QED) is 0.279. The van der Waals surface area contributed by atoms with Crippen LogP contribution >= 0.6 is 0 Å². The van der Waals surface area contributed by atoms with Crippen LogP contribution in [0.3, 0.4) is 0 Å². The molecule has 0 saturated heterocycles. The molecule has 1 unspecified atom stereocenters. The third-order valence-corrected chi connectivity index (χ3v) is 7.43. The molecule has 0 amide bonds. The van der Waals surface area contributed by atoms with E-state index in [4.69, 9.17) is 0 Å². The van der Waals surface area contributed by atoms with Gasteiger partial charge in [-0.15, -0.1) is 0 Å². The molecule has 1 aromatic carbocycles. The topological polar surface area (TPSA) is 0 Å². The predicted molar refractivity (Wildman–Crippen MR) is 119 cm³/mol. The van der Waals surface area contributed by atoms with E-state index in [1.165, 1.54) is 89.0 Å². The number of benzene rings is 1. The molecule has 0 N–H and O–H groups in total. The van der Waals surface area contributed by atoms with Crippen molar-refractivity contribution in [2.45, 2.75) is 103 Å². The summed E-state index contributed by atoms with van der Waals surface area (Å²) in [7, 11) is 0. The van der Waals surface area contributed by atoms with Crippen molar-refractivity contribution in [3.63, 3.8) is 0 Å². The van der Waals surface area contributed by atoms with Crippen LogP contribution in [0.5, 0.6) is 0 Å². The van der Waals surface area contributed by atoms with Crippen LogP contribution in [0.4, 0.5) is 4.39 Å². The second kappa shape index (κ2) is 11.8. The molecule has 28 heavy (non-hydrogen) atoms. The molecular formula is C27H41F. The Morgan fingerprint density at radius 1 is 0.786 bits per heavy atom. The van der Waals surface area contributed by atoms with E-state index in [1.54, 1.807) is 17.7 Å². The van der Waals surface area contributed by atoms with E-state index in [-0.39, 0.29) is 5.82 Å². The Hall–Kier alpha value is -1.11. The van der Waals surface area contributed by atoms with Gasteiger partial charge in [0.15, 0.2) is 0 Å². The van der Waals surface area contributed by atoms with Crippen molar-refractivity contribution in [3.05, 3.63) is 47.3 Å². The fraction of sp³-hybridized carbons (Fsp3) is 0.704. The van der Waals surface area contributed by atoms with E-state index in [9.17, 15) is 4.39 Å². The highest BCUT2D eigenvalue weighted by Gasteiger charge is 2.22. The van der Waals surface area contributed by atoms with E-state index in [0.29, 0.717) is 0 Å². The van der Waals surface area contributed by atoms with Crippen molar-refractivity contribution in [2.24, 2.45) is 17.8 Å². The van der Waals surface area contributed by atoms with Crippen LogP contribution in [-0.2, 0) is 6.42 Å². The van der Waals surface area contributed by atoms with Crippen molar-refractivity contribution in [2.75, 3.05) is 0 Å². The molecule has 1 fully saturated rings. The second-order valence-corrected chi connectivity index (χ2v) is 9.59. The molecule has 1 heteroatoms. The molecule has 3 rings (SSSR count). The SMILES string of the molecule is CCCCC[C@H]1CC[C@H](CCC2CC=C(CCc3ccc(F)cc3)CC2)CC1. The zero-order valence-electron chi connectivity index (χ0n) is 18.1. The van der Waals surface area contributed by atoms with Crippen molar-refractivity contribution in [3.8, 4) is 0 Å². The summed E-state index contributed by atoms with van der Waals surface area (Å²) >= 11 is 0. The monoisotopic (exact) mass is 384 g/mol. The maximum absolute atomic E-state index is 13.0. The minimum absolute atomic E-state index is 0.131. The summed E-state index contributed by atoms with van der Waals surface area (Å²) in [5, 5.41) is 0. The van der Waals surface area contributed by atoms with Crippen LogP contribution < -0.4 is 0 Å². The molecule has 1 aromatic rings. The predicted octanol–water partition coefficient (Wildman–Crippen LogP) is 8.65. The zero-order chi connectivity index (χ0) is 19.6. The van der Waals surface area contributed by atoms with Crippen molar-refractivity contribution in [1.82, 2.24) is 0 Å². The normalized spacial score (nSPS) is 25.5. The first kappa shape index (κ1) is 21.6. The molecule has 0 bridgehead atoms. The van der Waals surface area contributed by atoms with Crippen molar-refractivity contribution >= 4 is 0 Å². The first-order chi connectivity index (χ1) is 13.7.